The molecule has 0 spiro atoms. The summed E-state index contributed by atoms with van der Waals surface area (Å²) in [5.41, 5.74) is 7.78. The van der Waals surface area contributed by atoms with Gasteiger partial charge < -0.3 is 10.6 Å². The van der Waals surface area contributed by atoms with Gasteiger partial charge in [0.1, 0.15) is 0 Å². The molecular weight excluding hydrogens is 232 g/mol. The third kappa shape index (κ3) is 3.97. The van der Waals surface area contributed by atoms with Crippen LogP contribution in [-0.2, 0) is 4.79 Å². The van der Waals surface area contributed by atoms with Crippen molar-refractivity contribution in [2.45, 2.75) is 25.7 Å². The van der Waals surface area contributed by atoms with Gasteiger partial charge in [0.25, 0.3) is 0 Å². The van der Waals surface area contributed by atoms with Crippen molar-refractivity contribution in [3.63, 3.8) is 0 Å². The maximum Gasteiger partial charge on any atom is 0.232 e. The van der Waals surface area contributed by atoms with Crippen molar-refractivity contribution in [2.75, 3.05) is 24.6 Å². The van der Waals surface area contributed by atoms with Crippen molar-refractivity contribution in [3.8, 4) is 0 Å². The number of hydrogen-bond acceptors (Lipinski definition) is 3. The SMILES string of the molecule is CCN(CC)C(=O)CSc1cc(C)ccc1N. The summed E-state index contributed by atoms with van der Waals surface area (Å²) in [6.07, 6.45) is 0. The summed E-state index contributed by atoms with van der Waals surface area (Å²) in [6.45, 7) is 7.54. The Bertz CT molecular complexity index is 389. The van der Waals surface area contributed by atoms with Gasteiger partial charge in [-0.15, -0.1) is 11.8 Å². The molecule has 94 valence electrons. The minimum absolute atomic E-state index is 0.168. The number of anilines is 1. The van der Waals surface area contributed by atoms with Crippen LogP contribution in [0.2, 0.25) is 0 Å². The fourth-order valence-corrected chi connectivity index (χ4v) is 2.54. The highest BCUT2D eigenvalue weighted by Gasteiger charge is 2.10. The number of carbonyl (C=O) groups is 1. The van der Waals surface area contributed by atoms with Gasteiger partial charge in [0.05, 0.1) is 5.75 Å². The van der Waals surface area contributed by atoms with Gasteiger partial charge in [0.15, 0.2) is 0 Å². The van der Waals surface area contributed by atoms with Crippen LogP contribution in [0.4, 0.5) is 5.69 Å². The molecule has 17 heavy (non-hydrogen) atoms. The molecular formula is C13H20N2OS. The maximum atomic E-state index is 11.8. The topological polar surface area (TPSA) is 46.3 Å². The van der Waals surface area contributed by atoms with Crippen molar-refractivity contribution in [3.05, 3.63) is 23.8 Å². The Balaban J connectivity index is 2.61. The van der Waals surface area contributed by atoms with Gasteiger partial charge in [-0.25, -0.2) is 0 Å². The van der Waals surface area contributed by atoms with Gasteiger partial charge >= 0.3 is 0 Å². The number of nitrogens with two attached hydrogens (primary N) is 1. The lowest BCUT2D eigenvalue weighted by Crippen LogP contribution is -2.31. The minimum Gasteiger partial charge on any atom is -0.398 e. The number of benzene rings is 1. The smallest absolute Gasteiger partial charge is 0.232 e. The van der Waals surface area contributed by atoms with Crippen LogP contribution in [0, 0.1) is 6.92 Å². The lowest BCUT2D eigenvalue weighted by molar-refractivity contribution is -0.127. The molecule has 0 aromatic heterocycles. The third-order valence-corrected chi connectivity index (χ3v) is 3.69. The largest absolute Gasteiger partial charge is 0.398 e. The quantitative estimate of drug-likeness (QED) is 0.647. The van der Waals surface area contributed by atoms with E-state index in [4.69, 9.17) is 5.73 Å². The van der Waals surface area contributed by atoms with Gasteiger partial charge in [-0.2, -0.15) is 0 Å². The van der Waals surface area contributed by atoms with Crippen LogP contribution >= 0.6 is 11.8 Å². The lowest BCUT2D eigenvalue weighted by Gasteiger charge is -2.18. The summed E-state index contributed by atoms with van der Waals surface area (Å²) >= 11 is 1.51. The van der Waals surface area contributed by atoms with Gasteiger partial charge in [0, 0.05) is 23.7 Å². The van der Waals surface area contributed by atoms with E-state index in [1.54, 1.807) is 0 Å². The van der Waals surface area contributed by atoms with Crippen molar-refractivity contribution in [1.82, 2.24) is 4.90 Å². The summed E-state index contributed by atoms with van der Waals surface area (Å²) < 4.78 is 0. The van der Waals surface area contributed by atoms with Crippen molar-refractivity contribution >= 4 is 23.4 Å². The first kappa shape index (κ1) is 13.9. The standard InChI is InChI=1S/C13H20N2OS/c1-4-15(5-2)13(16)9-17-12-8-10(3)6-7-11(12)14/h6-8H,4-5,9,14H2,1-3H3. The zero-order chi connectivity index (χ0) is 12.8. The Labute approximate surface area is 107 Å². The lowest BCUT2D eigenvalue weighted by atomic mass is 10.2. The Morgan fingerprint density at radius 1 is 1.35 bits per heavy atom. The highest BCUT2D eigenvalue weighted by atomic mass is 32.2. The molecule has 0 bridgehead atoms. The highest BCUT2D eigenvalue weighted by molar-refractivity contribution is 8.00. The van der Waals surface area contributed by atoms with E-state index in [2.05, 4.69) is 0 Å². The second-order valence-electron chi connectivity index (χ2n) is 3.90. The second kappa shape index (κ2) is 6.55. The van der Waals surface area contributed by atoms with E-state index in [0.717, 1.165) is 29.2 Å². The van der Waals surface area contributed by atoms with Gasteiger partial charge in [0.2, 0.25) is 5.91 Å². The molecule has 0 fully saturated rings. The predicted molar refractivity (Wildman–Crippen MR) is 74.2 cm³/mol. The first-order valence-corrected chi connectivity index (χ1v) is 6.83. The van der Waals surface area contributed by atoms with E-state index in [-0.39, 0.29) is 5.91 Å². The molecule has 0 aliphatic rings. The fraction of sp³-hybridized carbons (Fsp3) is 0.462. The minimum atomic E-state index is 0.168. The average Bonchev–Trinajstić information content (AvgIpc) is 2.32. The number of rotatable bonds is 5. The molecule has 0 aliphatic heterocycles. The number of nitrogen functional groups attached to an aromatic ring is 1. The number of carbonyl (C=O) groups excluding carboxylic acids is 1. The van der Waals surface area contributed by atoms with Crippen LogP contribution in [0.5, 0.6) is 0 Å². The van der Waals surface area contributed by atoms with E-state index in [9.17, 15) is 4.79 Å². The Morgan fingerprint density at radius 2 is 2.00 bits per heavy atom. The molecule has 0 unspecified atom stereocenters. The van der Waals surface area contributed by atoms with Crippen LogP contribution in [0.1, 0.15) is 19.4 Å². The molecule has 1 aromatic carbocycles. The summed E-state index contributed by atoms with van der Waals surface area (Å²) in [4.78, 5) is 14.7. The molecule has 0 saturated carbocycles. The molecule has 3 nitrogen and oxygen atoms in total. The van der Waals surface area contributed by atoms with E-state index in [1.807, 2.05) is 43.9 Å². The maximum absolute atomic E-state index is 11.8. The second-order valence-corrected chi connectivity index (χ2v) is 4.91. The number of hydrogen-bond donors (Lipinski definition) is 1. The van der Waals surface area contributed by atoms with E-state index in [0.29, 0.717) is 5.75 Å². The zero-order valence-corrected chi connectivity index (χ0v) is 11.5. The summed E-state index contributed by atoms with van der Waals surface area (Å²) in [6, 6.07) is 5.89. The van der Waals surface area contributed by atoms with Crippen molar-refractivity contribution in [2.24, 2.45) is 0 Å². The first-order valence-electron chi connectivity index (χ1n) is 5.85. The normalized spacial score (nSPS) is 10.3. The molecule has 0 aliphatic carbocycles. The zero-order valence-electron chi connectivity index (χ0n) is 10.7. The number of thioether (sulfide) groups is 1. The van der Waals surface area contributed by atoms with Crippen LogP contribution in [0.3, 0.4) is 0 Å². The molecule has 0 saturated heterocycles. The molecule has 0 atom stereocenters. The Hall–Kier alpha value is -1.16. The third-order valence-electron chi connectivity index (χ3n) is 2.64. The summed E-state index contributed by atoms with van der Waals surface area (Å²) in [7, 11) is 0. The van der Waals surface area contributed by atoms with Gasteiger partial charge in [-0.3, -0.25) is 4.79 Å². The van der Waals surface area contributed by atoms with Gasteiger partial charge in [-0.05, 0) is 38.5 Å². The van der Waals surface area contributed by atoms with Crippen LogP contribution in [0.15, 0.2) is 23.1 Å². The first-order chi connectivity index (χ1) is 8.08. The Kier molecular flexibility index (Phi) is 5.35. The van der Waals surface area contributed by atoms with E-state index in [1.165, 1.54) is 11.8 Å². The molecule has 4 heteroatoms. The van der Waals surface area contributed by atoms with Crippen molar-refractivity contribution < 1.29 is 4.79 Å². The van der Waals surface area contributed by atoms with Crippen LogP contribution < -0.4 is 5.73 Å². The van der Waals surface area contributed by atoms with E-state index < -0.39 is 0 Å². The summed E-state index contributed by atoms with van der Waals surface area (Å²) in [5, 5.41) is 0. The van der Waals surface area contributed by atoms with Crippen LogP contribution in [0.25, 0.3) is 0 Å². The monoisotopic (exact) mass is 252 g/mol. The molecule has 1 amide bonds. The molecule has 1 rings (SSSR count). The van der Waals surface area contributed by atoms with Gasteiger partial charge in [-0.1, -0.05) is 6.07 Å². The molecule has 2 N–H and O–H groups in total. The number of nitrogens with zero attached hydrogens (tertiary/aromatic N) is 1. The number of aryl methyl sites for hydroxylation is 1. The molecule has 0 radical (unpaired) electrons. The van der Waals surface area contributed by atoms with Crippen LogP contribution in [-0.4, -0.2) is 29.6 Å². The fourth-order valence-electron chi connectivity index (χ4n) is 1.57. The highest BCUT2D eigenvalue weighted by Crippen LogP contribution is 2.26. The molecule has 1 aromatic rings. The summed E-state index contributed by atoms with van der Waals surface area (Å²) in [5.74, 6) is 0.621. The molecule has 0 heterocycles. The number of amides is 1. The van der Waals surface area contributed by atoms with E-state index >= 15 is 0 Å². The Morgan fingerprint density at radius 3 is 2.59 bits per heavy atom. The average molecular weight is 252 g/mol. The van der Waals surface area contributed by atoms with Crippen molar-refractivity contribution in [1.29, 1.82) is 0 Å². The predicted octanol–water partition coefficient (Wildman–Crippen LogP) is 2.54.